The third-order valence-corrected chi connectivity index (χ3v) is 4.34. The molecule has 2 aromatic carbocycles. The van der Waals surface area contributed by atoms with E-state index in [9.17, 15) is 9.59 Å². The molecule has 28 heavy (non-hydrogen) atoms. The van der Waals surface area contributed by atoms with E-state index in [-0.39, 0.29) is 5.91 Å². The van der Waals surface area contributed by atoms with Crippen molar-refractivity contribution in [1.82, 2.24) is 9.99 Å². The number of carbonyl (C=O) groups is 2. The van der Waals surface area contributed by atoms with Gasteiger partial charge < -0.3 is 14.4 Å². The highest BCUT2D eigenvalue weighted by Crippen LogP contribution is 2.25. The van der Waals surface area contributed by atoms with Gasteiger partial charge in [-0.3, -0.25) is 4.79 Å². The summed E-state index contributed by atoms with van der Waals surface area (Å²) >= 11 is 3.32. The summed E-state index contributed by atoms with van der Waals surface area (Å²) in [6.07, 6.45) is 5.21. The molecule has 1 aromatic heterocycles. The van der Waals surface area contributed by atoms with E-state index in [4.69, 9.17) is 9.84 Å². The first-order chi connectivity index (χ1) is 13.5. The quantitative estimate of drug-likeness (QED) is 0.433. The standard InChI is InChI=1S/C20H16BrN3O4/c21-16-11-14(7-8-18(16)28-13-19(25)26)12-22-23-20(27)15-5-1-2-6-17(15)24-9-3-4-10-24/h1-12H,13H2,(H,23,27)(H,25,26)/b22-12+. The van der Waals surface area contributed by atoms with Gasteiger partial charge in [-0.25, -0.2) is 10.2 Å². The largest absolute Gasteiger partial charge is 0.481 e. The smallest absolute Gasteiger partial charge is 0.341 e. The number of carbonyl (C=O) groups excluding carboxylic acids is 1. The van der Waals surface area contributed by atoms with E-state index in [0.717, 1.165) is 5.69 Å². The molecule has 0 saturated heterocycles. The summed E-state index contributed by atoms with van der Waals surface area (Å²) in [5.74, 6) is -0.981. The number of carboxylic acid groups (broad SMARTS) is 1. The van der Waals surface area contributed by atoms with Crippen molar-refractivity contribution in [3.8, 4) is 11.4 Å². The number of aliphatic carboxylic acids is 1. The highest BCUT2D eigenvalue weighted by molar-refractivity contribution is 9.10. The molecule has 2 N–H and O–H groups in total. The molecule has 3 aromatic rings. The molecule has 0 radical (unpaired) electrons. The Hall–Kier alpha value is -3.39. The summed E-state index contributed by atoms with van der Waals surface area (Å²) in [7, 11) is 0. The minimum absolute atomic E-state index is 0.332. The van der Waals surface area contributed by atoms with Crippen LogP contribution >= 0.6 is 15.9 Å². The third-order valence-electron chi connectivity index (χ3n) is 3.72. The minimum atomic E-state index is -1.06. The Morgan fingerprint density at radius 1 is 1.14 bits per heavy atom. The average molecular weight is 442 g/mol. The molecule has 0 fully saturated rings. The summed E-state index contributed by atoms with van der Waals surface area (Å²) < 4.78 is 7.58. The summed E-state index contributed by atoms with van der Waals surface area (Å²) in [4.78, 5) is 23.1. The molecule has 1 amide bonds. The van der Waals surface area contributed by atoms with Crippen molar-refractivity contribution in [3.63, 3.8) is 0 Å². The number of amides is 1. The van der Waals surface area contributed by atoms with Gasteiger partial charge in [0.15, 0.2) is 6.61 Å². The Morgan fingerprint density at radius 2 is 1.89 bits per heavy atom. The van der Waals surface area contributed by atoms with Crippen LogP contribution in [0, 0.1) is 0 Å². The highest BCUT2D eigenvalue weighted by Gasteiger charge is 2.11. The fourth-order valence-corrected chi connectivity index (χ4v) is 2.98. The van der Waals surface area contributed by atoms with Crippen molar-refractivity contribution < 1.29 is 19.4 Å². The van der Waals surface area contributed by atoms with Gasteiger partial charge in [0.2, 0.25) is 0 Å². The van der Waals surface area contributed by atoms with Crippen molar-refractivity contribution >= 4 is 34.0 Å². The number of hydrogen-bond acceptors (Lipinski definition) is 4. The highest BCUT2D eigenvalue weighted by atomic mass is 79.9. The first kappa shape index (κ1) is 19.4. The van der Waals surface area contributed by atoms with E-state index in [1.165, 1.54) is 6.21 Å². The molecule has 1 heterocycles. The lowest BCUT2D eigenvalue weighted by Gasteiger charge is -2.09. The Morgan fingerprint density at radius 3 is 2.61 bits per heavy atom. The fourth-order valence-electron chi connectivity index (χ4n) is 2.47. The second-order valence-electron chi connectivity index (χ2n) is 5.68. The van der Waals surface area contributed by atoms with Crippen molar-refractivity contribution in [3.05, 3.63) is 82.6 Å². The molecule has 3 rings (SSSR count). The molecule has 142 valence electrons. The number of hydrazone groups is 1. The second kappa shape index (κ2) is 9.01. The van der Waals surface area contributed by atoms with E-state index in [1.54, 1.807) is 30.3 Å². The zero-order valence-corrected chi connectivity index (χ0v) is 16.2. The zero-order valence-electron chi connectivity index (χ0n) is 14.6. The van der Waals surface area contributed by atoms with Crippen LogP contribution in [0.25, 0.3) is 5.69 Å². The minimum Gasteiger partial charge on any atom is -0.481 e. The van der Waals surface area contributed by atoms with Crippen molar-refractivity contribution in [2.75, 3.05) is 6.61 Å². The number of nitrogens with zero attached hydrogens (tertiary/aromatic N) is 2. The molecule has 7 nitrogen and oxygen atoms in total. The van der Waals surface area contributed by atoms with E-state index < -0.39 is 12.6 Å². The van der Waals surface area contributed by atoms with Gasteiger partial charge in [-0.15, -0.1) is 0 Å². The molecule has 0 aliphatic heterocycles. The molecular weight excluding hydrogens is 426 g/mol. The van der Waals surface area contributed by atoms with Crippen LogP contribution < -0.4 is 10.2 Å². The normalized spacial score (nSPS) is 10.8. The van der Waals surface area contributed by atoms with Crippen molar-refractivity contribution in [2.24, 2.45) is 5.10 Å². The Kier molecular flexibility index (Phi) is 6.23. The molecule has 0 spiro atoms. The first-order valence-corrected chi connectivity index (χ1v) is 9.04. The predicted octanol–water partition coefficient (Wildman–Crippen LogP) is 3.47. The molecule has 8 heteroatoms. The number of aromatic nitrogens is 1. The maximum absolute atomic E-state index is 12.5. The zero-order chi connectivity index (χ0) is 19.9. The van der Waals surface area contributed by atoms with E-state index >= 15 is 0 Å². The van der Waals surface area contributed by atoms with E-state index in [2.05, 4.69) is 26.5 Å². The molecule has 0 saturated carbocycles. The monoisotopic (exact) mass is 441 g/mol. The topological polar surface area (TPSA) is 92.9 Å². The molecule has 0 atom stereocenters. The second-order valence-corrected chi connectivity index (χ2v) is 6.53. The number of halogens is 1. The first-order valence-electron chi connectivity index (χ1n) is 8.24. The summed E-state index contributed by atoms with van der Waals surface area (Å²) in [6.45, 7) is -0.428. The lowest BCUT2D eigenvalue weighted by atomic mass is 10.1. The van der Waals surface area contributed by atoms with Crippen LogP contribution in [0.1, 0.15) is 15.9 Å². The summed E-state index contributed by atoms with van der Waals surface area (Å²) in [5, 5.41) is 12.7. The van der Waals surface area contributed by atoms with Gasteiger partial charge in [0.05, 0.1) is 21.9 Å². The molecule has 0 aliphatic rings. The predicted molar refractivity (Wildman–Crippen MR) is 108 cm³/mol. The average Bonchev–Trinajstić information content (AvgIpc) is 3.22. The molecule has 0 unspecified atom stereocenters. The van der Waals surface area contributed by atoms with Gasteiger partial charge in [0.1, 0.15) is 5.75 Å². The van der Waals surface area contributed by atoms with Crippen LogP contribution in [-0.2, 0) is 4.79 Å². The van der Waals surface area contributed by atoms with Crippen LogP contribution in [0.15, 0.2) is 76.6 Å². The molecule has 0 bridgehead atoms. The number of rotatable bonds is 7. The Bertz CT molecular complexity index is 1020. The lowest BCUT2D eigenvalue weighted by molar-refractivity contribution is -0.139. The Labute approximate surface area is 169 Å². The number of carboxylic acids is 1. The van der Waals surface area contributed by atoms with Crippen LogP contribution in [0.3, 0.4) is 0 Å². The van der Waals surface area contributed by atoms with E-state index in [1.807, 2.05) is 41.2 Å². The van der Waals surface area contributed by atoms with Crippen LogP contribution in [0.4, 0.5) is 0 Å². The number of ether oxygens (including phenoxy) is 1. The van der Waals surface area contributed by atoms with Crippen LogP contribution in [0.2, 0.25) is 0 Å². The van der Waals surface area contributed by atoms with Gasteiger partial charge in [0, 0.05) is 12.4 Å². The SMILES string of the molecule is O=C(O)COc1ccc(/C=N/NC(=O)c2ccccc2-n2cccc2)cc1Br. The number of benzene rings is 2. The van der Waals surface area contributed by atoms with Crippen LogP contribution in [0.5, 0.6) is 5.75 Å². The van der Waals surface area contributed by atoms with Gasteiger partial charge in [-0.2, -0.15) is 5.10 Å². The third kappa shape index (κ3) is 4.86. The number of para-hydroxylation sites is 1. The molecule has 0 aliphatic carbocycles. The summed E-state index contributed by atoms with van der Waals surface area (Å²) in [6, 6.07) is 16.0. The molecular formula is C20H16BrN3O4. The summed E-state index contributed by atoms with van der Waals surface area (Å²) in [5.41, 5.74) is 4.47. The maximum Gasteiger partial charge on any atom is 0.341 e. The Balaban J connectivity index is 1.68. The van der Waals surface area contributed by atoms with Crippen molar-refractivity contribution in [2.45, 2.75) is 0 Å². The van der Waals surface area contributed by atoms with Gasteiger partial charge in [0.25, 0.3) is 5.91 Å². The number of nitrogens with one attached hydrogen (secondary N) is 1. The van der Waals surface area contributed by atoms with Gasteiger partial charge >= 0.3 is 5.97 Å². The maximum atomic E-state index is 12.5. The lowest BCUT2D eigenvalue weighted by Crippen LogP contribution is -2.19. The van der Waals surface area contributed by atoms with E-state index in [0.29, 0.717) is 21.3 Å². The van der Waals surface area contributed by atoms with Gasteiger partial charge in [-0.05, 0) is 64.0 Å². The van der Waals surface area contributed by atoms with Crippen LogP contribution in [-0.4, -0.2) is 34.4 Å². The fraction of sp³-hybridized carbons (Fsp3) is 0.0500. The van der Waals surface area contributed by atoms with Gasteiger partial charge in [-0.1, -0.05) is 12.1 Å². The van der Waals surface area contributed by atoms with Crippen molar-refractivity contribution in [1.29, 1.82) is 0 Å². The number of hydrogen-bond donors (Lipinski definition) is 2.